The number of carbonyl (C=O) groups excluding carboxylic acids is 1. The molecule has 6 heteroatoms. The molecule has 2 rings (SSSR count). The van der Waals surface area contributed by atoms with Crippen molar-refractivity contribution in [3.05, 3.63) is 42.2 Å². The van der Waals surface area contributed by atoms with Crippen molar-refractivity contribution < 1.29 is 9.53 Å². The van der Waals surface area contributed by atoms with E-state index in [-0.39, 0.29) is 5.82 Å². The van der Waals surface area contributed by atoms with E-state index in [1.807, 2.05) is 18.2 Å². The molecule has 0 aromatic carbocycles. The molecule has 0 saturated heterocycles. The highest BCUT2D eigenvalue weighted by atomic mass is 32.2. The number of aromatic nitrogens is 2. The average Bonchev–Trinajstić information content (AvgIpc) is 2.42. The molecule has 0 unspecified atom stereocenters. The highest BCUT2D eigenvalue weighted by Gasteiger charge is 2.15. The summed E-state index contributed by atoms with van der Waals surface area (Å²) in [4.78, 5) is 20.7. The monoisotopic (exact) mass is 275 g/mol. The van der Waals surface area contributed by atoms with E-state index in [1.165, 1.54) is 17.8 Å². The summed E-state index contributed by atoms with van der Waals surface area (Å²) < 4.78 is 5.01. The first-order valence-corrected chi connectivity index (χ1v) is 6.54. The van der Waals surface area contributed by atoms with Gasteiger partial charge in [0.2, 0.25) is 0 Å². The van der Waals surface area contributed by atoms with Crippen LogP contribution >= 0.6 is 11.8 Å². The Morgan fingerprint density at radius 1 is 1.42 bits per heavy atom. The predicted molar refractivity (Wildman–Crippen MR) is 73.0 cm³/mol. The molecular weight excluding hydrogens is 262 g/mol. The number of nitrogens with zero attached hydrogens (tertiary/aromatic N) is 2. The van der Waals surface area contributed by atoms with Crippen LogP contribution in [0.1, 0.15) is 17.3 Å². The number of ether oxygens (including phenoxy) is 1. The van der Waals surface area contributed by atoms with E-state index in [2.05, 4.69) is 9.97 Å². The molecule has 0 aliphatic rings. The second-order valence-electron chi connectivity index (χ2n) is 3.60. The highest BCUT2D eigenvalue weighted by molar-refractivity contribution is 7.99. The molecule has 0 spiro atoms. The number of carbonyl (C=O) groups is 1. The molecule has 0 amide bonds. The summed E-state index contributed by atoms with van der Waals surface area (Å²) in [7, 11) is 0. The fraction of sp³-hybridized carbons (Fsp3) is 0.154. The number of hydrogen-bond acceptors (Lipinski definition) is 6. The van der Waals surface area contributed by atoms with Crippen molar-refractivity contribution in [2.45, 2.75) is 16.8 Å². The van der Waals surface area contributed by atoms with Crippen molar-refractivity contribution in [3.63, 3.8) is 0 Å². The molecule has 5 nitrogen and oxygen atoms in total. The maximum Gasteiger partial charge on any atom is 0.339 e. The smallest absolute Gasteiger partial charge is 0.339 e. The van der Waals surface area contributed by atoms with E-state index in [4.69, 9.17) is 10.5 Å². The van der Waals surface area contributed by atoms with Crippen LogP contribution in [0.25, 0.3) is 0 Å². The summed E-state index contributed by atoms with van der Waals surface area (Å²) in [5, 5.41) is 0.777. The van der Waals surface area contributed by atoms with Crippen LogP contribution in [0.4, 0.5) is 5.82 Å². The molecule has 0 bridgehead atoms. The van der Waals surface area contributed by atoms with E-state index in [1.54, 1.807) is 19.3 Å². The third-order valence-electron chi connectivity index (χ3n) is 2.24. The first kappa shape index (κ1) is 13.4. The van der Waals surface area contributed by atoms with E-state index in [0.29, 0.717) is 17.1 Å². The SMILES string of the molecule is CCOC(=O)c1cc(N)ncc1Sc1ccccn1. The number of nitrogen functional groups attached to an aromatic ring is 1. The van der Waals surface area contributed by atoms with Crippen LogP contribution in [-0.2, 0) is 4.74 Å². The largest absolute Gasteiger partial charge is 0.462 e. The zero-order valence-electron chi connectivity index (χ0n) is 10.4. The van der Waals surface area contributed by atoms with Gasteiger partial charge in [-0.25, -0.2) is 14.8 Å². The van der Waals surface area contributed by atoms with Gasteiger partial charge in [-0.2, -0.15) is 0 Å². The van der Waals surface area contributed by atoms with Crippen molar-refractivity contribution in [1.82, 2.24) is 9.97 Å². The minimum atomic E-state index is -0.407. The van der Waals surface area contributed by atoms with Gasteiger partial charge in [-0.05, 0) is 25.1 Å². The molecule has 0 saturated carbocycles. The Hall–Kier alpha value is -2.08. The Bertz CT molecular complexity index is 575. The molecular formula is C13H13N3O2S. The van der Waals surface area contributed by atoms with Gasteiger partial charge in [0.15, 0.2) is 0 Å². The number of anilines is 1. The topological polar surface area (TPSA) is 78.1 Å². The third-order valence-corrected chi connectivity index (χ3v) is 3.23. The Morgan fingerprint density at radius 2 is 2.26 bits per heavy atom. The summed E-state index contributed by atoms with van der Waals surface area (Å²) >= 11 is 1.35. The van der Waals surface area contributed by atoms with Gasteiger partial charge >= 0.3 is 5.97 Å². The van der Waals surface area contributed by atoms with Gasteiger partial charge in [0.25, 0.3) is 0 Å². The minimum Gasteiger partial charge on any atom is -0.462 e. The minimum absolute atomic E-state index is 0.286. The second-order valence-corrected chi connectivity index (χ2v) is 4.66. The van der Waals surface area contributed by atoms with Crippen LogP contribution in [-0.4, -0.2) is 22.5 Å². The lowest BCUT2D eigenvalue weighted by Gasteiger charge is -2.08. The van der Waals surface area contributed by atoms with Crippen molar-refractivity contribution in [1.29, 1.82) is 0 Å². The van der Waals surface area contributed by atoms with Crippen LogP contribution in [0, 0.1) is 0 Å². The summed E-state index contributed by atoms with van der Waals surface area (Å²) in [5.74, 6) is -0.122. The quantitative estimate of drug-likeness (QED) is 0.863. The first-order chi connectivity index (χ1) is 9.20. The Morgan fingerprint density at radius 3 is 2.95 bits per heavy atom. The molecule has 2 aromatic heterocycles. The van der Waals surface area contributed by atoms with Crippen molar-refractivity contribution >= 4 is 23.5 Å². The summed E-state index contributed by atoms with van der Waals surface area (Å²) in [6.45, 7) is 2.07. The van der Waals surface area contributed by atoms with Crippen LogP contribution in [0.3, 0.4) is 0 Å². The van der Waals surface area contributed by atoms with Crippen LogP contribution < -0.4 is 5.73 Å². The number of nitrogens with two attached hydrogens (primary N) is 1. The maximum absolute atomic E-state index is 11.9. The number of rotatable bonds is 4. The highest BCUT2D eigenvalue weighted by Crippen LogP contribution is 2.29. The lowest BCUT2D eigenvalue weighted by Crippen LogP contribution is -2.07. The van der Waals surface area contributed by atoms with E-state index in [0.717, 1.165) is 5.03 Å². The first-order valence-electron chi connectivity index (χ1n) is 5.72. The van der Waals surface area contributed by atoms with Gasteiger partial charge in [0, 0.05) is 17.3 Å². The van der Waals surface area contributed by atoms with Crippen molar-refractivity contribution in [2.75, 3.05) is 12.3 Å². The zero-order chi connectivity index (χ0) is 13.7. The van der Waals surface area contributed by atoms with Gasteiger partial charge in [-0.3, -0.25) is 0 Å². The zero-order valence-corrected chi connectivity index (χ0v) is 11.2. The Kier molecular flexibility index (Phi) is 4.35. The molecule has 0 atom stereocenters. The van der Waals surface area contributed by atoms with Gasteiger partial charge in [0.05, 0.1) is 12.2 Å². The Balaban J connectivity index is 2.32. The maximum atomic E-state index is 11.9. The number of pyridine rings is 2. The van der Waals surface area contributed by atoms with Gasteiger partial charge in [-0.1, -0.05) is 17.8 Å². The lowest BCUT2D eigenvalue weighted by molar-refractivity contribution is 0.0522. The predicted octanol–water partition coefficient (Wildman–Crippen LogP) is 2.39. The summed E-state index contributed by atoms with van der Waals surface area (Å²) in [6, 6.07) is 7.08. The molecule has 0 aliphatic heterocycles. The average molecular weight is 275 g/mol. The standard InChI is InChI=1S/C13H13N3O2S/c1-2-18-13(17)9-7-11(14)16-8-10(9)19-12-5-3-4-6-15-12/h3-8H,2H2,1H3,(H2,14,16). The molecule has 0 fully saturated rings. The fourth-order valence-corrected chi connectivity index (χ4v) is 2.27. The summed E-state index contributed by atoms with van der Waals surface area (Å²) in [5.41, 5.74) is 6.02. The molecule has 2 aromatic rings. The second kappa shape index (κ2) is 6.19. The van der Waals surface area contributed by atoms with E-state index in [9.17, 15) is 4.79 Å². The van der Waals surface area contributed by atoms with Crippen LogP contribution in [0.2, 0.25) is 0 Å². The van der Waals surface area contributed by atoms with Crippen molar-refractivity contribution in [3.8, 4) is 0 Å². The fourth-order valence-electron chi connectivity index (χ4n) is 1.43. The number of esters is 1. The van der Waals surface area contributed by atoms with Crippen LogP contribution in [0.5, 0.6) is 0 Å². The van der Waals surface area contributed by atoms with Crippen molar-refractivity contribution in [2.24, 2.45) is 0 Å². The molecule has 2 heterocycles. The van der Waals surface area contributed by atoms with E-state index >= 15 is 0 Å². The number of hydrogen-bond donors (Lipinski definition) is 1. The lowest BCUT2D eigenvalue weighted by atomic mass is 10.2. The van der Waals surface area contributed by atoms with Gasteiger partial charge in [0.1, 0.15) is 10.8 Å². The van der Waals surface area contributed by atoms with Gasteiger partial charge in [-0.15, -0.1) is 0 Å². The molecule has 19 heavy (non-hydrogen) atoms. The Labute approximate surface area is 115 Å². The molecule has 2 N–H and O–H groups in total. The van der Waals surface area contributed by atoms with Crippen LogP contribution in [0.15, 0.2) is 46.6 Å². The van der Waals surface area contributed by atoms with E-state index < -0.39 is 5.97 Å². The molecule has 0 aliphatic carbocycles. The molecule has 0 radical (unpaired) electrons. The third kappa shape index (κ3) is 3.45. The normalized spacial score (nSPS) is 10.2. The molecule has 98 valence electrons. The summed E-state index contributed by atoms with van der Waals surface area (Å²) in [6.07, 6.45) is 3.25. The van der Waals surface area contributed by atoms with Gasteiger partial charge < -0.3 is 10.5 Å².